The van der Waals surface area contributed by atoms with Crippen LogP contribution in [0.1, 0.15) is 49.5 Å². The van der Waals surface area contributed by atoms with E-state index in [1.807, 2.05) is 30.7 Å². The second kappa shape index (κ2) is 11.9. The SMILES string of the molecule is C[C@@H]1CN(c2cc(F)c(-c3cnc(N4CCC(C)(O)CC4)nc3)cc2NC(=O)c2ccc(F)cc2C(F)(F)F)C[C@H](C)N1C. The number of likely N-dealkylation sites (N-methyl/N-ethyl adjacent to an activating group) is 1. The number of hydrogen-bond donors (Lipinski definition) is 2. The minimum Gasteiger partial charge on any atom is -0.390 e. The van der Waals surface area contributed by atoms with Crippen molar-refractivity contribution in [3.8, 4) is 11.1 Å². The lowest BCUT2D eigenvalue weighted by atomic mass is 9.94. The first kappa shape index (κ1) is 31.6. The van der Waals surface area contributed by atoms with E-state index in [-0.39, 0.29) is 29.4 Å². The van der Waals surface area contributed by atoms with Crippen molar-refractivity contribution in [2.45, 2.75) is 57.5 Å². The van der Waals surface area contributed by atoms with Gasteiger partial charge in [-0.15, -0.1) is 0 Å². The van der Waals surface area contributed by atoms with Crippen molar-refractivity contribution in [1.82, 2.24) is 14.9 Å². The molecule has 2 aliphatic heterocycles. The van der Waals surface area contributed by atoms with Gasteiger partial charge in [0.2, 0.25) is 5.95 Å². The molecule has 44 heavy (non-hydrogen) atoms. The number of amides is 1. The van der Waals surface area contributed by atoms with Gasteiger partial charge in [0.25, 0.3) is 5.91 Å². The van der Waals surface area contributed by atoms with Crippen molar-refractivity contribution in [3.05, 3.63) is 65.5 Å². The van der Waals surface area contributed by atoms with Crippen LogP contribution < -0.4 is 15.1 Å². The fourth-order valence-electron chi connectivity index (χ4n) is 5.70. The van der Waals surface area contributed by atoms with Crippen LogP contribution >= 0.6 is 0 Å². The minimum absolute atomic E-state index is 0.0440. The maximum Gasteiger partial charge on any atom is 0.417 e. The smallest absolute Gasteiger partial charge is 0.390 e. The third kappa shape index (κ3) is 6.63. The summed E-state index contributed by atoms with van der Waals surface area (Å²) in [6.07, 6.45) is -0.992. The summed E-state index contributed by atoms with van der Waals surface area (Å²) in [5.41, 5.74) is -2.18. The number of aliphatic hydroxyl groups is 1. The first-order valence-electron chi connectivity index (χ1n) is 14.4. The van der Waals surface area contributed by atoms with Gasteiger partial charge in [-0.2, -0.15) is 13.2 Å². The predicted molar refractivity (Wildman–Crippen MR) is 158 cm³/mol. The molecule has 1 aromatic heterocycles. The van der Waals surface area contributed by atoms with Gasteiger partial charge in [-0.05, 0) is 71.0 Å². The summed E-state index contributed by atoms with van der Waals surface area (Å²) < 4.78 is 70.7. The van der Waals surface area contributed by atoms with Crippen LogP contribution in [0.3, 0.4) is 0 Å². The molecule has 5 rings (SSSR count). The maximum atomic E-state index is 15.8. The number of hydrogen-bond acceptors (Lipinski definition) is 7. The summed E-state index contributed by atoms with van der Waals surface area (Å²) >= 11 is 0. The maximum absolute atomic E-state index is 15.8. The van der Waals surface area contributed by atoms with Crippen LogP contribution in [-0.2, 0) is 6.18 Å². The molecule has 3 aromatic rings. The van der Waals surface area contributed by atoms with Crippen LogP contribution in [0.15, 0.2) is 42.7 Å². The molecule has 2 fully saturated rings. The van der Waals surface area contributed by atoms with Gasteiger partial charge in [-0.3, -0.25) is 9.69 Å². The zero-order valence-electron chi connectivity index (χ0n) is 24.9. The number of anilines is 3. The van der Waals surface area contributed by atoms with Crippen molar-refractivity contribution in [3.63, 3.8) is 0 Å². The van der Waals surface area contributed by atoms with Crippen LogP contribution in [-0.4, -0.2) is 76.8 Å². The number of carbonyl (C=O) groups excluding carboxylic acids is 1. The molecular formula is C31H35F5N6O2. The molecule has 3 heterocycles. The number of aromatic nitrogens is 2. The van der Waals surface area contributed by atoms with E-state index in [2.05, 4.69) is 20.2 Å². The number of benzene rings is 2. The molecule has 0 bridgehead atoms. The minimum atomic E-state index is -4.98. The van der Waals surface area contributed by atoms with Gasteiger partial charge < -0.3 is 20.2 Å². The molecule has 0 spiro atoms. The molecule has 236 valence electrons. The van der Waals surface area contributed by atoms with Gasteiger partial charge >= 0.3 is 6.18 Å². The number of alkyl halides is 3. The molecule has 13 heteroatoms. The summed E-state index contributed by atoms with van der Waals surface area (Å²) in [5.74, 6) is -2.44. The van der Waals surface area contributed by atoms with Crippen LogP contribution in [0.2, 0.25) is 0 Å². The van der Waals surface area contributed by atoms with Crippen molar-refractivity contribution in [2.75, 3.05) is 48.3 Å². The summed E-state index contributed by atoms with van der Waals surface area (Å²) in [5, 5.41) is 12.8. The largest absolute Gasteiger partial charge is 0.417 e. The Labute approximate surface area is 252 Å². The van der Waals surface area contributed by atoms with E-state index in [1.165, 1.54) is 24.5 Å². The lowest BCUT2D eigenvalue weighted by Gasteiger charge is -2.44. The molecule has 0 aliphatic carbocycles. The molecule has 2 aliphatic rings. The summed E-state index contributed by atoms with van der Waals surface area (Å²) in [6.45, 7) is 7.85. The van der Waals surface area contributed by atoms with Crippen LogP contribution in [0, 0.1) is 11.6 Å². The van der Waals surface area contributed by atoms with Crippen molar-refractivity contribution >= 4 is 23.2 Å². The van der Waals surface area contributed by atoms with Crippen LogP contribution in [0.5, 0.6) is 0 Å². The number of nitrogens with zero attached hydrogens (tertiary/aromatic N) is 5. The Morgan fingerprint density at radius 2 is 1.61 bits per heavy atom. The molecular weight excluding hydrogens is 583 g/mol. The van der Waals surface area contributed by atoms with E-state index < -0.39 is 40.4 Å². The zero-order chi connectivity index (χ0) is 32.0. The van der Waals surface area contributed by atoms with E-state index in [0.29, 0.717) is 56.2 Å². The Morgan fingerprint density at radius 3 is 2.20 bits per heavy atom. The fraction of sp³-hybridized carbons (Fsp3) is 0.452. The van der Waals surface area contributed by atoms with Gasteiger partial charge in [0.05, 0.1) is 28.1 Å². The van der Waals surface area contributed by atoms with Gasteiger partial charge in [0.1, 0.15) is 11.6 Å². The topological polar surface area (TPSA) is 84.8 Å². The van der Waals surface area contributed by atoms with E-state index in [4.69, 9.17) is 0 Å². The Balaban J connectivity index is 1.52. The van der Waals surface area contributed by atoms with E-state index in [9.17, 15) is 27.5 Å². The van der Waals surface area contributed by atoms with E-state index in [1.54, 1.807) is 6.92 Å². The van der Waals surface area contributed by atoms with Crippen molar-refractivity contribution < 1.29 is 31.9 Å². The molecule has 8 nitrogen and oxygen atoms in total. The highest BCUT2D eigenvalue weighted by Gasteiger charge is 2.36. The average molecular weight is 619 g/mol. The highest BCUT2D eigenvalue weighted by atomic mass is 19.4. The third-order valence-corrected chi connectivity index (χ3v) is 8.64. The lowest BCUT2D eigenvalue weighted by Crippen LogP contribution is -2.55. The normalized spacial score (nSPS) is 21.0. The standard InChI is InChI=1S/C31H35F5N6O2/c1-18-16-42(17-19(2)40(18)4)27-13-25(33)23(20-14-37-29(38-15-20)41-9-7-30(3,44)8-10-41)12-26(27)39-28(43)22-6-5-21(32)11-24(22)31(34,35)36/h5-6,11-15,18-19,44H,7-10,16-17H2,1-4H3,(H,39,43)/t18-,19+. The summed E-state index contributed by atoms with van der Waals surface area (Å²) in [6, 6.07) is 4.60. The average Bonchev–Trinajstić information content (AvgIpc) is 2.96. The number of rotatable bonds is 5. The van der Waals surface area contributed by atoms with Gasteiger partial charge in [0, 0.05) is 61.8 Å². The van der Waals surface area contributed by atoms with Crippen LogP contribution in [0.25, 0.3) is 11.1 Å². The van der Waals surface area contributed by atoms with Gasteiger partial charge in [0.15, 0.2) is 0 Å². The molecule has 0 unspecified atom stereocenters. The number of carbonyl (C=O) groups is 1. The molecule has 0 saturated carbocycles. The Hall–Kier alpha value is -3.84. The summed E-state index contributed by atoms with van der Waals surface area (Å²) in [7, 11) is 1.97. The predicted octanol–water partition coefficient (Wildman–Crippen LogP) is 5.57. The highest BCUT2D eigenvalue weighted by Crippen LogP contribution is 2.38. The van der Waals surface area contributed by atoms with Crippen LogP contribution in [0.4, 0.5) is 39.3 Å². The monoisotopic (exact) mass is 618 g/mol. The Morgan fingerprint density at radius 1 is 1.00 bits per heavy atom. The molecule has 2 atom stereocenters. The lowest BCUT2D eigenvalue weighted by molar-refractivity contribution is -0.138. The zero-order valence-corrected chi connectivity index (χ0v) is 24.9. The second-order valence-electron chi connectivity index (χ2n) is 12.0. The molecule has 2 N–H and O–H groups in total. The second-order valence-corrected chi connectivity index (χ2v) is 12.0. The van der Waals surface area contributed by atoms with Crippen molar-refractivity contribution in [1.29, 1.82) is 0 Å². The van der Waals surface area contributed by atoms with Gasteiger partial charge in [-0.1, -0.05) is 0 Å². The Kier molecular flexibility index (Phi) is 8.56. The summed E-state index contributed by atoms with van der Waals surface area (Å²) in [4.78, 5) is 28.1. The third-order valence-electron chi connectivity index (χ3n) is 8.64. The molecule has 2 saturated heterocycles. The fourth-order valence-corrected chi connectivity index (χ4v) is 5.70. The highest BCUT2D eigenvalue weighted by molar-refractivity contribution is 6.07. The first-order chi connectivity index (χ1) is 20.6. The number of halogens is 5. The molecule has 1 amide bonds. The van der Waals surface area contributed by atoms with E-state index >= 15 is 4.39 Å². The molecule has 0 radical (unpaired) electrons. The molecule has 2 aromatic carbocycles. The van der Waals surface area contributed by atoms with Crippen molar-refractivity contribution in [2.24, 2.45) is 0 Å². The first-order valence-corrected chi connectivity index (χ1v) is 14.4. The van der Waals surface area contributed by atoms with E-state index in [0.717, 1.165) is 12.1 Å². The number of piperidine rings is 1. The quantitative estimate of drug-likeness (QED) is 0.362. The number of piperazine rings is 1. The van der Waals surface area contributed by atoms with Gasteiger partial charge in [-0.25, -0.2) is 18.7 Å². The Bertz CT molecular complexity index is 1510. The number of nitrogens with one attached hydrogen (secondary N) is 1.